The van der Waals surface area contributed by atoms with E-state index in [0.29, 0.717) is 34.0 Å². The monoisotopic (exact) mass is 511 g/mol. The number of nitrogens with one attached hydrogen (secondary N) is 3. The summed E-state index contributed by atoms with van der Waals surface area (Å²) in [5, 5.41) is 14.5. The Hall–Kier alpha value is -3.79. The van der Waals surface area contributed by atoms with Gasteiger partial charge in [-0.25, -0.2) is 4.79 Å². The van der Waals surface area contributed by atoms with Gasteiger partial charge in [-0.1, -0.05) is 48.5 Å². The molecule has 3 rings (SSSR count). The fourth-order valence-corrected chi connectivity index (χ4v) is 3.97. The Labute approximate surface area is 215 Å². The zero-order chi connectivity index (χ0) is 25.6. The molecule has 0 aromatic heterocycles. The number of rotatable bonds is 10. The number of Topliss-reactive ketones (excluding diaryl/α,β-unsaturated/α-hetero) is 1. The number of amides is 1. The van der Waals surface area contributed by atoms with E-state index in [1.54, 1.807) is 67.6 Å². The number of esters is 1. The molecule has 10 heteroatoms. The second kappa shape index (κ2) is 12.3. The first-order valence-corrected chi connectivity index (χ1v) is 11.1. The summed E-state index contributed by atoms with van der Waals surface area (Å²) in [6.07, 6.45) is 0. The third-order valence-corrected chi connectivity index (χ3v) is 5.84. The van der Waals surface area contributed by atoms with Gasteiger partial charge in [0.25, 0.3) is 5.91 Å². The maximum absolute atomic E-state index is 13.0. The van der Waals surface area contributed by atoms with Crippen LogP contribution >= 0.6 is 12.4 Å². The lowest BCUT2D eigenvalue weighted by Crippen LogP contribution is -2.56. The standard InChI is InChI=1S/C26H29N5O4.ClH/c1-3-35-25(34)26(30-2,22(32)14-27)19-11-12-20-18(13-19)5-4-6-21(20)24(33)31-15-16-7-9-17(10-8-16)23(28)29;/h4-13,30H,3,14-15,27H2,1-2H3,(H3,28,29)(H,31,33);1H. The fourth-order valence-electron chi connectivity index (χ4n) is 3.97. The highest BCUT2D eigenvalue weighted by Crippen LogP contribution is 2.29. The summed E-state index contributed by atoms with van der Waals surface area (Å²) in [6, 6.07) is 17.3. The lowest BCUT2D eigenvalue weighted by Gasteiger charge is -2.30. The van der Waals surface area contributed by atoms with Crippen LogP contribution in [0, 0.1) is 5.41 Å². The highest BCUT2D eigenvalue weighted by atomic mass is 35.5. The molecule has 3 aromatic rings. The number of hydrogen-bond acceptors (Lipinski definition) is 7. The van der Waals surface area contributed by atoms with Gasteiger partial charge in [0.2, 0.25) is 5.54 Å². The van der Waals surface area contributed by atoms with Crippen LogP contribution in [0.2, 0.25) is 0 Å². The lowest BCUT2D eigenvalue weighted by molar-refractivity contribution is -0.155. The quantitative estimate of drug-likeness (QED) is 0.120. The molecule has 0 fully saturated rings. The second-order valence-corrected chi connectivity index (χ2v) is 7.88. The summed E-state index contributed by atoms with van der Waals surface area (Å²) in [5.41, 5.74) is 11.6. The molecule has 0 aliphatic heterocycles. The van der Waals surface area contributed by atoms with Crippen LogP contribution < -0.4 is 22.1 Å². The van der Waals surface area contributed by atoms with E-state index in [1.165, 1.54) is 7.05 Å². The van der Waals surface area contributed by atoms with Gasteiger partial charge in [0.05, 0.1) is 13.2 Å². The number of nitrogen functional groups attached to an aromatic ring is 1. The maximum atomic E-state index is 13.0. The molecule has 0 saturated heterocycles. The molecule has 36 heavy (non-hydrogen) atoms. The molecular weight excluding hydrogens is 482 g/mol. The second-order valence-electron chi connectivity index (χ2n) is 7.88. The third kappa shape index (κ3) is 5.54. The van der Waals surface area contributed by atoms with E-state index in [9.17, 15) is 14.4 Å². The predicted molar refractivity (Wildman–Crippen MR) is 141 cm³/mol. The van der Waals surface area contributed by atoms with Crippen molar-refractivity contribution < 1.29 is 19.1 Å². The van der Waals surface area contributed by atoms with Gasteiger partial charge in [-0.3, -0.25) is 20.3 Å². The molecule has 1 unspecified atom stereocenters. The van der Waals surface area contributed by atoms with E-state index in [1.807, 2.05) is 0 Å². The zero-order valence-corrected chi connectivity index (χ0v) is 20.9. The number of nitrogens with two attached hydrogens (primary N) is 2. The topological polar surface area (TPSA) is 160 Å². The summed E-state index contributed by atoms with van der Waals surface area (Å²) < 4.78 is 5.18. The molecule has 0 aliphatic carbocycles. The first kappa shape index (κ1) is 28.4. The normalized spacial score (nSPS) is 12.2. The Morgan fingerprint density at radius 2 is 1.75 bits per heavy atom. The average molecular weight is 512 g/mol. The van der Waals surface area contributed by atoms with Gasteiger partial charge < -0.3 is 21.5 Å². The van der Waals surface area contributed by atoms with Crippen LogP contribution in [0.25, 0.3) is 10.8 Å². The molecule has 0 radical (unpaired) electrons. The smallest absolute Gasteiger partial charge is 0.338 e. The number of ether oxygens (including phenoxy) is 1. The molecule has 3 aromatic carbocycles. The van der Waals surface area contributed by atoms with Gasteiger partial charge in [-0.05, 0) is 48.0 Å². The number of fused-ring (bicyclic) bond motifs is 1. The van der Waals surface area contributed by atoms with Crippen molar-refractivity contribution in [1.29, 1.82) is 5.41 Å². The van der Waals surface area contributed by atoms with E-state index < -0.39 is 17.3 Å². The number of carbonyl (C=O) groups excluding carboxylic acids is 3. The van der Waals surface area contributed by atoms with E-state index in [4.69, 9.17) is 21.6 Å². The van der Waals surface area contributed by atoms with Gasteiger partial charge in [0, 0.05) is 17.7 Å². The Kier molecular flexibility index (Phi) is 9.68. The van der Waals surface area contributed by atoms with Gasteiger partial charge in [0.1, 0.15) is 5.84 Å². The summed E-state index contributed by atoms with van der Waals surface area (Å²) in [4.78, 5) is 38.6. The Morgan fingerprint density at radius 1 is 1.06 bits per heavy atom. The highest BCUT2D eigenvalue weighted by molar-refractivity contribution is 6.12. The highest BCUT2D eigenvalue weighted by Gasteiger charge is 2.47. The molecule has 0 saturated carbocycles. The Bertz CT molecular complexity index is 1280. The molecular formula is C26H30ClN5O4. The predicted octanol–water partition coefficient (Wildman–Crippen LogP) is 1.98. The maximum Gasteiger partial charge on any atom is 0.338 e. The first-order valence-electron chi connectivity index (χ1n) is 11.1. The van der Waals surface area contributed by atoms with Gasteiger partial charge in [-0.2, -0.15) is 0 Å². The van der Waals surface area contributed by atoms with Crippen LogP contribution in [-0.2, 0) is 26.4 Å². The number of likely N-dealkylation sites (N-methyl/N-ethyl adjacent to an activating group) is 1. The average Bonchev–Trinajstić information content (AvgIpc) is 2.87. The minimum atomic E-state index is -1.75. The summed E-state index contributed by atoms with van der Waals surface area (Å²) in [6.45, 7) is 1.71. The summed E-state index contributed by atoms with van der Waals surface area (Å²) in [5.74, 6) is -1.55. The van der Waals surface area contributed by atoms with Crippen LogP contribution in [0.3, 0.4) is 0 Å². The van der Waals surface area contributed by atoms with Crippen molar-refractivity contribution in [2.24, 2.45) is 11.5 Å². The number of hydrogen-bond donors (Lipinski definition) is 5. The van der Waals surface area contributed by atoms with Gasteiger partial charge in [-0.15, -0.1) is 12.4 Å². The van der Waals surface area contributed by atoms with Crippen molar-refractivity contribution >= 4 is 46.7 Å². The number of amidine groups is 1. The number of ketones is 1. The minimum Gasteiger partial charge on any atom is -0.464 e. The molecule has 9 nitrogen and oxygen atoms in total. The fraction of sp³-hybridized carbons (Fsp3) is 0.231. The molecule has 190 valence electrons. The molecule has 7 N–H and O–H groups in total. The minimum absolute atomic E-state index is 0. The number of benzene rings is 3. The van der Waals surface area contributed by atoms with Crippen molar-refractivity contribution in [2.75, 3.05) is 20.2 Å². The van der Waals surface area contributed by atoms with Crippen molar-refractivity contribution in [2.45, 2.75) is 19.0 Å². The van der Waals surface area contributed by atoms with Crippen LogP contribution in [0.5, 0.6) is 0 Å². The Morgan fingerprint density at radius 3 is 2.33 bits per heavy atom. The SMILES string of the molecule is CCOC(=O)C(NC)(C(=O)CN)c1ccc2c(C(=O)NCc3ccc(C(=N)N)cc3)cccc2c1.Cl. The zero-order valence-electron chi connectivity index (χ0n) is 20.1. The molecule has 1 amide bonds. The van der Waals surface area contributed by atoms with Crippen LogP contribution in [0.4, 0.5) is 0 Å². The van der Waals surface area contributed by atoms with Crippen molar-refractivity contribution in [3.05, 3.63) is 82.9 Å². The van der Waals surface area contributed by atoms with E-state index in [-0.39, 0.29) is 37.3 Å². The number of carbonyl (C=O) groups is 3. The number of halogens is 1. The van der Waals surface area contributed by atoms with E-state index in [0.717, 1.165) is 5.56 Å². The van der Waals surface area contributed by atoms with Crippen LogP contribution in [-0.4, -0.2) is 43.7 Å². The van der Waals surface area contributed by atoms with E-state index >= 15 is 0 Å². The van der Waals surface area contributed by atoms with Crippen molar-refractivity contribution in [3.8, 4) is 0 Å². The molecule has 1 atom stereocenters. The molecule has 0 aliphatic rings. The summed E-state index contributed by atoms with van der Waals surface area (Å²) in [7, 11) is 1.50. The Balaban J connectivity index is 0.00000456. The summed E-state index contributed by atoms with van der Waals surface area (Å²) >= 11 is 0. The lowest BCUT2D eigenvalue weighted by atomic mass is 9.84. The molecule has 0 spiro atoms. The van der Waals surface area contributed by atoms with Crippen LogP contribution in [0.15, 0.2) is 60.7 Å². The first-order chi connectivity index (χ1) is 16.8. The largest absolute Gasteiger partial charge is 0.464 e. The molecule has 0 bridgehead atoms. The van der Waals surface area contributed by atoms with Crippen LogP contribution in [0.1, 0.15) is 34.0 Å². The molecule has 0 heterocycles. The van der Waals surface area contributed by atoms with Crippen molar-refractivity contribution in [3.63, 3.8) is 0 Å². The van der Waals surface area contributed by atoms with E-state index in [2.05, 4.69) is 10.6 Å². The van der Waals surface area contributed by atoms with Crippen molar-refractivity contribution in [1.82, 2.24) is 10.6 Å². The van der Waals surface area contributed by atoms with Gasteiger partial charge >= 0.3 is 5.97 Å². The van der Waals surface area contributed by atoms with Gasteiger partial charge in [0.15, 0.2) is 5.78 Å². The third-order valence-electron chi connectivity index (χ3n) is 5.84.